The molecule has 2 rings (SSSR count). The van der Waals surface area contributed by atoms with E-state index in [9.17, 15) is 4.79 Å². The Hall–Kier alpha value is -0.910. The lowest BCUT2D eigenvalue weighted by molar-refractivity contribution is -0.132. The van der Waals surface area contributed by atoms with Crippen LogP contribution in [0.4, 0.5) is 0 Å². The molecule has 1 atom stereocenters. The Labute approximate surface area is 99.4 Å². The smallest absolute Gasteiger partial charge is 0.224 e. The molecule has 2 heterocycles. The normalized spacial score (nSPS) is 18.4. The van der Waals surface area contributed by atoms with Crippen LogP contribution in [0.2, 0.25) is 0 Å². The Morgan fingerprint density at radius 3 is 2.94 bits per heavy atom. The molecule has 3 N–H and O–H groups in total. The standard InChI is InChI=1S/C11H17N3OS/c12-10(9-1-6-16-8-9)7-11(15)14-4-2-13-3-5-14/h1,6,8,10,13H,2-5,7,12H2. The number of nitrogens with two attached hydrogens (primary N) is 1. The van der Waals surface area contributed by atoms with Crippen molar-refractivity contribution in [1.82, 2.24) is 10.2 Å². The molecule has 1 unspecified atom stereocenters. The van der Waals surface area contributed by atoms with Gasteiger partial charge in [-0.15, -0.1) is 0 Å². The predicted molar refractivity (Wildman–Crippen MR) is 65.3 cm³/mol. The zero-order valence-electron chi connectivity index (χ0n) is 9.19. The molecule has 16 heavy (non-hydrogen) atoms. The molecule has 1 aliphatic rings. The molecular weight excluding hydrogens is 222 g/mol. The maximum Gasteiger partial charge on any atom is 0.224 e. The summed E-state index contributed by atoms with van der Waals surface area (Å²) in [4.78, 5) is 13.8. The van der Waals surface area contributed by atoms with Crippen molar-refractivity contribution in [1.29, 1.82) is 0 Å². The fourth-order valence-corrected chi connectivity index (χ4v) is 2.56. The Balaban J connectivity index is 1.86. The Bertz CT molecular complexity index is 333. The molecule has 5 heteroatoms. The zero-order chi connectivity index (χ0) is 11.4. The molecule has 1 aromatic rings. The topological polar surface area (TPSA) is 58.4 Å². The molecule has 1 aromatic heterocycles. The number of rotatable bonds is 3. The van der Waals surface area contributed by atoms with Gasteiger partial charge in [0.25, 0.3) is 0 Å². The second kappa shape index (κ2) is 5.43. The molecule has 1 amide bonds. The van der Waals surface area contributed by atoms with Gasteiger partial charge < -0.3 is 16.0 Å². The summed E-state index contributed by atoms with van der Waals surface area (Å²) in [5, 5.41) is 7.23. The number of hydrogen-bond acceptors (Lipinski definition) is 4. The predicted octanol–water partition coefficient (Wildman–Crippen LogP) is 0.570. The molecule has 0 radical (unpaired) electrons. The van der Waals surface area contributed by atoms with E-state index < -0.39 is 0 Å². The van der Waals surface area contributed by atoms with Gasteiger partial charge in [0, 0.05) is 38.6 Å². The minimum atomic E-state index is -0.159. The minimum Gasteiger partial charge on any atom is -0.340 e. The molecular formula is C11H17N3OS. The largest absolute Gasteiger partial charge is 0.340 e. The van der Waals surface area contributed by atoms with Crippen molar-refractivity contribution in [2.75, 3.05) is 26.2 Å². The molecule has 0 saturated carbocycles. The monoisotopic (exact) mass is 239 g/mol. The average Bonchev–Trinajstić information content (AvgIpc) is 2.83. The van der Waals surface area contributed by atoms with Crippen LogP contribution in [-0.2, 0) is 4.79 Å². The summed E-state index contributed by atoms with van der Waals surface area (Å²) in [6, 6.07) is 1.83. The highest BCUT2D eigenvalue weighted by Crippen LogP contribution is 2.18. The van der Waals surface area contributed by atoms with E-state index in [1.807, 2.05) is 21.7 Å². The maximum atomic E-state index is 11.9. The van der Waals surface area contributed by atoms with E-state index >= 15 is 0 Å². The van der Waals surface area contributed by atoms with Gasteiger partial charge in [-0.1, -0.05) is 0 Å². The lowest BCUT2D eigenvalue weighted by atomic mass is 10.1. The van der Waals surface area contributed by atoms with Crippen LogP contribution in [-0.4, -0.2) is 37.0 Å². The van der Waals surface area contributed by atoms with Crippen LogP contribution in [0.3, 0.4) is 0 Å². The number of carbonyl (C=O) groups excluding carboxylic acids is 1. The fraction of sp³-hybridized carbons (Fsp3) is 0.545. The van der Waals surface area contributed by atoms with Crippen LogP contribution in [0.5, 0.6) is 0 Å². The van der Waals surface area contributed by atoms with E-state index in [0.29, 0.717) is 6.42 Å². The first-order valence-electron chi connectivity index (χ1n) is 5.53. The van der Waals surface area contributed by atoms with Gasteiger partial charge in [0.1, 0.15) is 0 Å². The van der Waals surface area contributed by atoms with Crippen LogP contribution in [0.15, 0.2) is 16.8 Å². The quantitative estimate of drug-likeness (QED) is 0.811. The van der Waals surface area contributed by atoms with Crippen LogP contribution in [0, 0.1) is 0 Å². The minimum absolute atomic E-state index is 0.159. The second-order valence-corrected chi connectivity index (χ2v) is 4.78. The van der Waals surface area contributed by atoms with Gasteiger partial charge in [-0.05, 0) is 22.4 Å². The van der Waals surface area contributed by atoms with Gasteiger partial charge in [0.05, 0.1) is 0 Å². The van der Waals surface area contributed by atoms with E-state index in [1.165, 1.54) is 0 Å². The van der Waals surface area contributed by atoms with Crippen LogP contribution in [0.25, 0.3) is 0 Å². The summed E-state index contributed by atoms with van der Waals surface area (Å²) < 4.78 is 0. The van der Waals surface area contributed by atoms with Gasteiger partial charge in [-0.3, -0.25) is 4.79 Å². The highest BCUT2D eigenvalue weighted by atomic mass is 32.1. The summed E-state index contributed by atoms with van der Waals surface area (Å²) in [6.45, 7) is 3.38. The number of hydrogen-bond donors (Lipinski definition) is 2. The Morgan fingerprint density at radius 1 is 1.56 bits per heavy atom. The second-order valence-electron chi connectivity index (χ2n) is 4.00. The molecule has 0 spiro atoms. The van der Waals surface area contributed by atoms with Crippen molar-refractivity contribution in [3.8, 4) is 0 Å². The van der Waals surface area contributed by atoms with Gasteiger partial charge in [-0.2, -0.15) is 11.3 Å². The first-order chi connectivity index (χ1) is 7.77. The third-order valence-electron chi connectivity index (χ3n) is 2.84. The highest BCUT2D eigenvalue weighted by Gasteiger charge is 2.19. The summed E-state index contributed by atoms with van der Waals surface area (Å²) in [5.41, 5.74) is 7.05. The van der Waals surface area contributed by atoms with Crippen molar-refractivity contribution >= 4 is 17.2 Å². The lowest BCUT2D eigenvalue weighted by Gasteiger charge is -2.28. The van der Waals surface area contributed by atoms with Crippen molar-refractivity contribution in [2.24, 2.45) is 5.73 Å². The maximum absolute atomic E-state index is 11.9. The molecule has 0 bridgehead atoms. The number of carbonyl (C=O) groups is 1. The number of thiophene rings is 1. The van der Waals surface area contributed by atoms with Gasteiger partial charge in [-0.25, -0.2) is 0 Å². The van der Waals surface area contributed by atoms with Crippen molar-refractivity contribution in [3.63, 3.8) is 0 Å². The van der Waals surface area contributed by atoms with Crippen molar-refractivity contribution in [2.45, 2.75) is 12.5 Å². The first-order valence-corrected chi connectivity index (χ1v) is 6.48. The number of nitrogens with one attached hydrogen (secondary N) is 1. The van der Waals surface area contributed by atoms with Crippen LogP contribution >= 0.6 is 11.3 Å². The highest BCUT2D eigenvalue weighted by molar-refractivity contribution is 7.07. The summed E-state index contributed by atoms with van der Waals surface area (Å²) >= 11 is 1.62. The van der Waals surface area contributed by atoms with E-state index in [4.69, 9.17) is 5.73 Å². The van der Waals surface area contributed by atoms with Crippen molar-refractivity contribution in [3.05, 3.63) is 22.4 Å². The number of nitrogens with zero attached hydrogens (tertiary/aromatic N) is 1. The third-order valence-corrected chi connectivity index (χ3v) is 3.54. The SMILES string of the molecule is NC(CC(=O)N1CCNCC1)c1ccsc1. The molecule has 4 nitrogen and oxygen atoms in total. The van der Waals surface area contributed by atoms with Crippen LogP contribution in [0.1, 0.15) is 18.0 Å². The number of amides is 1. The third kappa shape index (κ3) is 2.81. The van der Waals surface area contributed by atoms with E-state index in [0.717, 1.165) is 31.7 Å². The van der Waals surface area contributed by atoms with E-state index in [2.05, 4.69) is 5.32 Å². The first kappa shape index (κ1) is 11.6. The number of piperazine rings is 1. The van der Waals surface area contributed by atoms with Crippen molar-refractivity contribution < 1.29 is 4.79 Å². The zero-order valence-corrected chi connectivity index (χ0v) is 10.0. The Kier molecular flexibility index (Phi) is 3.93. The molecule has 0 aliphatic carbocycles. The molecule has 1 fully saturated rings. The summed E-state index contributed by atoms with van der Waals surface area (Å²) in [7, 11) is 0. The molecule has 88 valence electrons. The molecule has 0 aromatic carbocycles. The summed E-state index contributed by atoms with van der Waals surface area (Å²) in [5.74, 6) is 0.167. The summed E-state index contributed by atoms with van der Waals surface area (Å²) in [6.07, 6.45) is 0.413. The lowest BCUT2D eigenvalue weighted by Crippen LogP contribution is -2.47. The van der Waals surface area contributed by atoms with Gasteiger partial charge in [0.15, 0.2) is 0 Å². The van der Waals surface area contributed by atoms with E-state index in [-0.39, 0.29) is 11.9 Å². The average molecular weight is 239 g/mol. The van der Waals surface area contributed by atoms with Gasteiger partial charge in [0.2, 0.25) is 5.91 Å². The Morgan fingerprint density at radius 2 is 2.31 bits per heavy atom. The van der Waals surface area contributed by atoms with Gasteiger partial charge >= 0.3 is 0 Å². The molecule has 1 aliphatic heterocycles. The van der Waals surface area contributed by atoms with E-state index in [1.54, 1.807) is 11.3 Å². The fourth-order valence-electron chi connectivity index (χ4n) is 1.84. The van der Waals surface area contributed by atoms with Crippen LogP contribution < -0.4 is 11.1 Å². The molecule has 1 saturated heterocycles.